The van der Waals surface area contributed by atoms with Crippen molar-refractivity contribution in [2.45, 2.75) is 30.7 Å². The molecule has 1 heterocycles. The third-order valence-electron chi connectivity index (χ3n) is 3.97. The molecule has 1 aliphatic rings. The van der Waals surface area contributed by atoms with E-state index >= 15 is 0 Å². The molecule has 0 radical (unpaired) electrons. The molecule has 0 aromatic heterocycles. The van der Waals surface area contributed by atoms with Crippen LogP contribution in [0.1, 0.15) is 10.4 Å². The van der Waals surface area contributed by atoms with Crippen molar-refractivity contribution in [2.75, 3.05) is 35.0 Å². The van der Waals surface area contributed by atoms with E-state index in [1.807, 2.05) is 6.07 Å². The monoisotopic (exact) mass is 340 g/mol. The third-order valence-corrected chi connectivity index (χ3v) is 3.97. The molecule has 1 aromatic carbocycles. The summed E-state index contributed by atoms with van der Waals surface area (Å²) < 4.78 is 33.0. The molecule has 2 rings (SSSR count). The Hall–Kier alpha value is -1.51. The van der Waals surface area contributed by atoms with Gasteiger partial charge in [0.2, 0.25) is 6.29 Å². The van der Waals surface area contributed by atoms with Gasteiger partial charge in [0.25, 0.3) is 0 Å². The SMILES string of the molecule is COCC1O[C@@H](OC(=O)c2ccccc2)C(OC)C(OC)[C@H]1OC. The maximum Gasteiger partial charge on any atom is 0.340 e. The van der Waals surface area contributed by atoms with Gasteiger partial charge in [0.1, 0.15) is 24.4 Å². The molecule has 1 saturated heterocycles. The summed E-state index contributed by atoms with van der Waals surface area (Å²) in [6.07, 6.45) is -2.89. The van der Waals surface area contributed by atoms with Crippen molar-refractivity contribution < 1.29 is 33.2 Å². The number of hydrogen-bond donors (Lipinski definition) is 0. The molecule has 134 valence electrons. The average Bonchev–Trinajstić information content (AvgIpc) is 2.62. The van der Waals surface area contributed by atoms with E-state index in [4.69, 9.17) is 28.4 Å². The van der Waals surface area contributed by atoms with E-state index in [9.17, 15) is 4.79 Å². The molecule has 0 aliphatic carbocycles. The second-order valence-corrected chi connectivity index (χ2v) is 5.37. The molecule has 1 aromatic rings. The van der Waals surface area contributed by atoms with Crippen molar-refractivity contribution in [3.8, 4) is 0 Å². The van der Waals surface area contributed by atoms with Gasteiger partial charge in [-0.25, -0.2) is 4.79 Å². The highest BCUT2D eigenvalue weighted by Gasteiger charge is 2.48. The summed E-state index contributed by atoms with van der Waals surface area (Å²) in [6, 6.07) is 8.69. The highest BCUT2D eigenvalue weighted by atomic mass is 16.7. The molecule has 24 heavy (non-hydrogen) atoms. The van der Waals surface area contributed by atoms with E-state index in [1.165, 1.54) is 7.11 Å². The van der Waals surface area contributed by atoms with E-state index in [0.29, 0.717) is 5.56 Å². The Morgan fingerprint density at radius 1 is 0.958 bits per heavy atom. The Bertz CT molecular complexity index is 507. The molecular weight excluding hydrogens is 316 g/mol. The summed E-state index contributed by atoms with van der Waals surface area (Å²) in [5, 5.41) is 0. The lowest BCUT2D eigenvalue weighted by Gasteiger charge is -2.43. The van der Waals surface area contributed by atoms with Crippen molar-refractivity contribution in [3.63, 3.8) is 0 Å². The number of methoxy groups -OCH3 is 4. The number of esters is 1. The van der Waals surface area contributed by atoms with Crippen LogP contribution in [0, 0.1) is 0 Å². The van der Waals surface area contributed by atoms with Crippen molar-refractivity contribution in [2.24, 2.45) is 0 Å². The second-order valence-electron chi connectivity index (χ2n) is 5.37. The van der Waals surface area contributed by atoms with Crippen LogP contribution in [0.2, 0.25) is 0 Å². The van der Waals surface area contributed by atoms with Crippen LogP contribution in [-0.4, -0.2) is 71.7 Å². The summed E-state index contributed by atoms with van der Waals surface area (Å²) in [5.74, 6) is -0.496. The minimum Gasteiger partial charge on any atom is -0.429 e. The maximum absolute atomic E-state index is 12.3. The third kappa shape index (κ3) is 4.12. The highest BCUT2D eigenvalue weighted by molar-refractivity contribution is 5.89. The van der Waals surface area contributed by atoms with Crippen molar-refractivity contribution in [1.29, 1.82) is 0 Å². The van der Waals surface area contributed by atoms with Gasteiger partial charge in [0, 0.05) is 28.4 Å². The van der Waals surface area contributed by atoms with Crippen molar-refractivity contribution in [3.05, 3.63) is 35.9 Å². The van der Waals surface area contributed by atoms with Gasteiger partial charge in [-0.05, 0) is 12.1 Å². The lowest BCUT2D eigenvalue weighted by atomic mass is 9.98. The molecule has 0 bridgehead atoms. The molecule has 1 fully saturated rings. The van der Waals surface area contributed by atoms with E-state index in [2.05, 4.69) is 0 Å². The summed E-state index contributed by atoms with van der Waals surface area (Å²) in [4.78, 5) is 12.3. The van der Waals surface area contributed by atoms with E-state index < -0.39 is 36.7 Å². The maximum atomic E-state index is 12.3. The Kier molecular flexibility index (Phi) is 7.14. The van der Waals surface area contributed by atoms with Crippen molar-refractivity contribution in [1.82, 2.24) is 0 Å². The lowest BCUT2D eigenvalue weighted by molar-refractivity contribution is -0.299. The fourth-order valence-electron chi connectivity index (χ4n) is 2.82. The summed E-state index contributed by atoms with van der Waals surface area (Å²) in [7, 11) is 6.18. The van der Waals surface area contributed by atoms with E-state index in [0.717, 1.165) is 0 Å². The molecule has 5 atom stereocenters. The molecule has 0 amide bonds. The number of benzene rings is 1. The Balaban J connectivity index is 2.18. The van der Waals surface area contributed by atoms with Crippen LogP contribution in [0.3, 0.4) is 0 Å². The topological polar surface area (TPSA) is 72.5 Å². The van der Waals surface area contributed by atoms with Crippen LogP contribution in [0.25, 0.3) is 0 Å². The first-order chi connectivity index (χ1) is 11.7. The standard InChI is InChI=1S/C17H24O7/c1-19-10-12-13(20-2)14(21-3)15(22-4)17(23-12)24-16(18)11-8-6-5-7-9-11/h5-9,12-15,17H,10H2,1-4H3/t12?,13-,14?,15?,17-/m0/s1. The van der Waals surface area contributed by atoms with Crippen LogP contribution < -0.4 is 0 Å². The molecule has 3 unspecified atom stereocenters. The molecule has 0 N–H and O–H groups in total. The predicted molar refractivity (Wildman–Crippen MR) is 84.8 cm³/mol. The molecule has 7 heteroatoms. The van der Waals surface area contributed by atoms with Crippen LogP contribution in [0.5, 0.6) is 0 Å². The van der Waals surface area contributed by atoms with Gasteiger partial charge in [-0.1, -0.05) is 18.2 Å². The molecule has 0 saturated carbocycles. The van der Waals surface area contributed by atoms with Gasteiger partial charge >= 0.3 is 5.97 Å². The lowest BCUT2D eigenvalue weighted by Crippen LogP contribution is -2.61. The average molecular weight is 340 g/mol. The predicted octanol–water partition coefficient (Wildman–Crippen LogP) is 1.26. The molecular formula is C17H24O7. The first-order valence-electron chi connectivity index (χ1n) is 7.65. The Morgan fingerprint density at radius 2 is 1.58 bits per heavy atom. The first kappa shape index (κ1) is 18.8. The minimum absolute atomic E-state index is 0.272. The summed E-state index contributed by atoms with van der Waals surface area (Å²) in [6.45, 7) is 0.272. The van der Waals surface area contributed by atoms with Gasteiger partial charge in [-0.3, -0.25) is 0 Å². The van der Waals surface area contributed by atoms with Crippen LogP contribution >= 0.6 is 0 Å². The van der Waals surface area contributed by atoms with E-state index in [-0.39, 0.29) is 6.61 Å². The number of hydrogen-bond acceptors (Lipinski definition) is 7. The number of rotatable bonds is 7. The summed E-state index contributed by atoms with van der Waals surface area (Å²) >= 11 is 0. The van der Waals surface area contributed by atoms with Crippen LogP contribution in [0.15, 0.2) is 30.3 Å². The second kappa shape index (κ2) is 9.10. The van der Waals surface area contributed by atoms with Crippen molar-refractivity contribution >= 4 is 5.97 Å². The fourth-order valence-corrected chi connectivity index (χ4v) is 2.82. The molecule has 1 aliphatic heterocycles. The zero-order valence-corrected chi connectivity index (χ0v) is 14.3. The van der Waals surface area contributed by atoms with Gasteiger partial charge in [0.15, 0.2) is 0 Å². The van der Waals surface area contributed by atoms with E-state index in [1.54, 1.807) is 45.6 Å². The first-order valence-corrected chi connectivity index (χ1v) is 7.65. The zero-order valence-electron chi connectivity index (χ0n) is 14.3. The quantitative estimate of drug-likeness (QED) is 0.692. The highest BCUT2D eigenvalue weighted by Crippen LogP contribution is 2.28. The van der Waals surface area contributed by atoms with Crippen LogP contribution in [-0.2, 0) is 28.4 Å². The van der Waals surface area contributed by atoms with Gasteiger partial charge in [-0.2, -0.15) is 0 Å². The largest absolute Gasteiger partial charge is 0.429 e. The van der Waals surface area contributed by atoms with Crippen LogP contribution in [0.4, 0.5) is 0 Å². The van der Waals surface area contributed by atoms with Gasteiger partial charge in [-0.15, -0.1) is 0 Å². The fraction of sp³-hybridized carbons (Fsp3) is 0.588. The van der Waals surface area contributed by atoms with Gasteiger partial charge in [0.05, 0.1) is 12.2 Å². The number of ether oxygens (including phenoxy) is 6. The molecule has 7 nitrogen and oxygen atoms in total. The molecule has 0 spiro atoms. The number of carbonyl (C=O) groups is 1. The zero-order chi connectivity index (χ0) is 17.5. The summed E-state index contributed by atoms with van der Waals surface area (Å²) in [5.41, 5.74) is 0.432. The minimum atomic E-state index is -0.931. The van der Waals surface area contributed by atoms with Gasteiger partial charge < -0.3 is 28.4 Å². The smallest absolute Gasteiger partial charge is 0.340 e. The normalized spacial score (nSPS) is 30.1. The number of carbonyl (C=O) groups excluding carboxylic acids is 1. The Morgan fingerprint density at radius 3 is 2.12 bits per heavy atom. The Labute approximate surface area is 141 Å².